The molecule has 2 rings (SSSR count). The number of hydrogen-bond donors (Lipinski definition) is 2. The van der Waals surface area contributed by atoms with Crippen molar-refractivity contribution in [2.24, 2.45) is 0 Å². The molecule has 0 aliphatic heterocycles. The Labute approximate surface area is 227 Å². The summed E-state index contributed by atoms with van der Waals surface area (Å²) in [6.45, 7) is 5.25. The highest BCUT2D eigenvalue weighted by Crippen LogP contribution is 2.15. The van der Waals surface area contributed by atoms with Gasteiger partial charge in [0.05, 0.1) is 6.54 Å². The summed E-state index contributed by atoms with van der Waals surface area (Å²) in [6.07, 6.45) is 2.81. The van der Waals surface area contributed by atoms with Crippen molar-refractivity contribution in [2.75, 3.05) is 37.8 Å². The Bertz CT molecular complexity index is 994. The monoisotopic (exact) mass is 552 g/mol. The molecule has 0 spiro atoms. The van der Waals surface area contributed by atoms with Gasteiger partial charge in [-0.3, -0.25) is 0 Å². The fourth-order valence-corrected chi connectivity index (χ4v) is 4.58. The van der Waals surface area contributed by atoms with Gasteiger partial charge in [0.15, 0.2) is 6.10 Å². The van der Waals surface area contributed by atoms with Crippen LogP contribution in [0.25, 0.3) is 0 Å². The maximum atomic E-state index is 14.0. The maximum absolute atomic E-state index is 14.0. The zero-order chi connectivity index (χ0) is 27.8. The van der Waals surface area contributed by atoms with Gasteiger partial charge in [-0.2, -0.15) is 11.8 Å². The number of carboxylic acids is 1. The fraction of sp³-hybridized carbons (Fsp3) is 0.500. The number of hydrogen-bond acceptors (Lipinski definition) is 5. The molecular weight excluding hydrogens is 514 g/mol. The molecule has 2 N–H and O–H groups in total. The number of unbranched alkanes of at least 4 members (excludes halogenated alkanes) is 2. The lowest BCUT2D eigenvalue weighted by Gasteiger charge is -2.23. The van der Waals surface area contributed by atoms with E-state index in [1.165, 1.54) is 12.5 Å². The zero-order valence-electron chi connectivity index (χ0n) is 22.1. The maximum Gasteiger partial charge on any atom is 0.333 e. The molecule has 1 unspecified atom stereocenters. The van der Waals surface area contributed by atoms with Gasteiger partial charge in [-0.05, 0) is 42.9 Å². The molecular formula is C28H38F2N2O5S. The van der Waals surface area contributed by atoms with E-state index >= 15 is 0 Å². The second-order valence-electron chi connectivity index (χ2n) is 8.68. The van der Waals surface area contributed by atoms with Gasteiger partial charge < -0.3 is 24.8 Å². The molecule has 10 heteroatoms. The van der Waals surface area contributed by atoms with E-state index in [2.05, 4.69) is 12.2 Å². The van der Waals surface area contributed by atoms with E-state index in [9.17, 15) is 23.5 Å². The molecule has 38 heavy (non-hydrogen) atoms. The van der Waals surface area contributed by atoms with E-state index in [-0.39, 0.29) is 31.2 Å². The number of carboxylic acid groups (broad SMARTS) is 1. The van der Waals surface area contributed by atoms with Gasteiger partial charge in [0.1, 0.15) is 24.0 Å². The summed E-state index contributed by atoms with van der Waals surface area (Å²) in [5, 5.41) is 12.0. The Morgan fingerprint density at radius 3 is 2.47 bits per heavy atom. The Morgan fingerprint density at radius 1 is 1.05 bits per heavy atom. The van der Waals surface area contributed by atoms with Crippen molar-refractivity contribution in [3.05, 3.63) is 65.2 Å². The molecule has 210 valence electrons. The van der Waals surface area contributed by atoms with Gasteiger partial charge >= 0.3 is 12.0 Å². The molecule has 2 aromatic rings. The van der Waals surface area contributed by atoms with Gasteiger partial charge in [0, 0.05) is 43.5 Å². The molecule has 0 aliphatic carbocycles. The van der Waals surface area contributed by atoms with Crippen LogP contribution in [0.15, 0.2) is 42.5 Å². The highest BCUT2D eigenvalue weighted by atomic mass is 32.2. The summed E-state index contributed by atoms with van der Waals surface area (Å²) in [5.41, 5.74) is 1.02. The first kappa shape index (κ1) is 31.4. The predicted molar refractivity (Wildman–Crippen MR) is 146 cm³/mol. The van der Waals surface area contributed by atoms with Crippen LogP contribution in [0.1, 0.15) is 44.2 Å². The minimum atomic E-state index is -1.00. The van der Waals surface area contributed by atoms with Gasteiger partial charge in [-0.15, -0.1) is 0 Å². The van der Waals surface area contributed by atoms with Crippen LogP contribution < -0.4 is 10.1 Å². The minimum Gasteiger partial charge on any atom is -0.492 e. The molecule has 0 aromatic heterocycles. The van der Waals surface area contributed by atoms with Crippen LogP contribution in [0, 0.1) is 11.6 Å². The third kappa shape index (κ3) is 11.7. The topological polar surface area (TPSA) is 88.1 Å². The number of thioether (sulfide) groups is 1. The Hall–Kier alpha value is -2.85. The summed E-state index contributed by atoms with van der Waals surface area (Å²) in [4.78, 5) is 25.8. The number of benzene rings is 2. The first-order valence-corrected chi connectivity index (χ1v) is 14.1. The predicted octanol–water partition coefficient (Wildman–Crippen LogP) is 5.51. The van der Waals surface area contributed by atoms with Crippen molar-refractivity contribution < 1.29 is 33.0 Å². The summed E-state index contributed by atoms with van der Waals surface area (Å²) in [5.74, 6) is 0.0165. The molecule has 2 aromatic carbocycles. The van der Waals surface area contributed by atoms with E-state index in [4.69, 9.17) is 9.47 Å². The van der Waals surface area contributed by atoms with E-state index in [1.54, 1.807) is 47.9 Å². The largest absolute Gasteiger partial charge is 0.492 e. The number of aliphatic carboxylic acids is 1. The second kappa shape index (κ2) is 17.6. The van der Waals surface area contributed by atoms with Crippen LogP contribution in [0.2, 0.25) is 0 Å². The number of carbonyl (C=O) groups is 2. The van der Waals surface area contributed by atoms with Gasteiger partial charge in [-0.1, -0.05) is 38.0 Å². The number of nitrogens with zero attached hydrogens (tertiary/aromatic N) is 1. The van der Waals surface area contributed by atoms with Gasteiger partial charge in [-0.25, -0.2) is 18.4 Å². The van der Waals surface area contributed by atoms with Crippen molar-refractivity contribution in [3.8, 4) is 5.75 Å². The van der Waals surface area contributed by atoms with Crippen molar-refractivity contribution in [1.82, 2.24) is 10.2 Å². The second-order valence-corrected chi connectivity index (χ2v) is 9.90. The lowest BCUT2D eigenvalue weighted by Crippen LogP contribution is -2.43. The average molecular weight is 553 g/mol. The molecule has 0 radical (unpaired) electrons. The Kier molecular flexibility index (Phi) is 14.5. The number of amides is 2. The standard InChI is InChI=1S/C28H38F2N2O5S/c1-3-5-6-16-38-17-14-32(28(35)31-20-22-9-10-23(29)19-25(22)30)13-15-37-24-11-7-21(8-12-24)18-26(27(33)34)36-4-2/h7-12,19,26H,3-6,13-18,20H2,1-2H3,(H,31,35)(H,33,34). The number of nitrogens with one attached hydrogen (secondary N) is 1. The number of carbonyl (C=O) groups excluding carboxylic acids is 1. The Balaban J connectivity index is 1.89. The van der Waals surface area contributed by atoms with Crippen molar-refractivity contribution in [3.63, 3.8) is 0 Å². The SMILES string of the molecule is CCCCCSCCN(CCOc1ccc(CC(OCC)C(=O)O)cc1)C(=O)NCc1ccc(F)cc1F. The van der Waals surface area contributed by atoms with Crippen LogP contribution in [0.4, 0.5) is 13.6 Å². The normalized spacial score (nSPS) is 11.7. The van der Waals surface area contributed by atoms with Crippen LogP contribution in [-0.2, 0) is 22.5 Å². The number of halogens is 2. The average Bonchev–Trinajstić information content (AvgIpc) is 2.89. The van der Waals surface area contributed by atoms with Crippen LogP contribution in [0.3, 0.4) is 0 Å². The zero-order valence-corrected chi connectivity index (χ0v) is 22.9. The molecule has 0 aliphatic rings. The molecule has 2 amide bonds. The molecule has 0 saturated carbocycles. The van der Waals surface area contributed by atoms with Crippen molar-refractivity contribution in [1.29, 1.82) is 0 Å². The molecule has 0 fully saturated rings. The molecule has 0 bridgehead atoms. The lowest BCUT2D eigenvalue weighted by atomic mass is 10.1. The Morgan fingerprint density at radius 2 is 1.82 bits per heavy atom. The first-order chi connectivity index (χ1) is 18.3. The van der Waals surface area contributed by atoms with Crippen LogP contribution in [0.5, 0.6) is 5.75 Å². The van der Waals surface area contributed by atoms with Crippen molar-refractivity contribution in [2.45, 2.75) is 52.2 Å². The highest BCUT2D eigenvalue weighted by Gasteiger charge is 2.18. The third-order valence-electron chi connectivity index (χ3n) is 5.75. The van der Waals surface area contributed by atoms with E-state index in [0.717, 1.165) is 42.0 Å². The van der Waals surface area contributed by atoms with E-state index < -0.39 is 23.7 Å². The summed E-state index contributed by atoms with van der Waals surface area (Å²) < 4.78 is 38.2. The number of rotatable bonds is 18. The number of urea groups is 1. The molecule has 7 nitrogen and oxygen atoms in total. The molecule has 0 saturated heterocycles. The quantitative estimate of drug-likeness (QED) is 0.237. The van der Waals surface area contributed by atoms with E-state index in [0.29, 0.717) is 25.4 Å². The third-order valence-corrected chi connectivity index (χ3v) is 6.80. The highest BCUT2D eigenvalue weighted by molar-refractivity contribution is 7.99. The lowest BCUT2D eigenvalue weighted by molar-refractivity contribution is -0.149. The molecule has 1 atom stereocenters. The molecule has 0 heterocycles. The fourth-order valence-electron chi connectivity index (χ4n) is 3.62. The van der Waals surface area contributed by atoms with Crippen LogP contribution >= 0.6 is 11.8 Å². The van der Waals surface area contributed by atoms with Crippen LogP contribution in [-0.4, -0.2) is 65.9 Å². The minimum absolute atomic E-state index is 0.0491. The summed E-state index contributed by atoms with van der Waals surface area (Å²) >= 11 is 1.78. The summed E-state index contributed by atoms with van der Waals surface area (Å²) in [6, 6.07) is 10.0. The van der Waals surface area contributed by atoms with Crippen molar-refractivity contribution >= 4 is 23.8 Å². The van der Waals surface area contributed by atoms with Gasteiger partial charge in [0.25, 0.3) is 0 Å². The van der Waals surface area contributed by atoms with E-state index in [1.807, 2.05) is 0 Å². The summed E-state index contributed by atoms with van der Waals surface area (Å²) in [7, 11) is 0. The smallest absolute Gasteiger partial charge is 0.333 e. The first-order valence-electron chi connectivity index (χ1n) is 12.9. The van der Waals surface area contributed by atoms with Gasteiger partial charge in [0.2, 0.25) is 0 Å². The number of ether oxygens (including phenoxy) is 2.